The quantitative estimate of drug-likeness (QED) is 0.326. The summed E-state index contributed by atoms with van der Waals surface area (Å²) in [5.41, 5.74) is 2.17. The molecule has 3 aromatic rings. The third-order valence-corrected chi connectivity index (χ3v) is 7.69. The molecule has 0 aliphatic carbocycles. The van der Waals surface area contributed by atoms with Crippen molar-refractivity contribution >= 4 is 17.8 Å². The maximum atomic E-state index is 13.3. The summed E-state index contributed by atoms with van der Waals surface area (Å²) < 4.78 is 18.1. The van der Waals surface area contributed by atoms with Crippen molar-refractivity contribution in [3.05, 3.63) is 95.1 Å². The number of ketones is 1. The van der Waals surface area contributed by atoms with Crippen molar-refractivity contribution in [2.75, 3.05) is 0 Å². The second-order valence-corrected chi connectivity index (χ2v) is 10.5. The fraction of sp³-hybridized carbons (Fsp3) is 0.312. The molecule has 0 radical (unpaired) electrons. The summed E-state index contributed by atoms with van der Waals surface area (Å²) in [6.45, 7) is 0. The Morgan fingerprint density at radius 1 is 0.974 bits per heavy atom. The van der Waals surface area contributed by atoms with Gasteiger partial charge in [-0.15, -0.1) is 0 Å². The van der Waals surface area contributed by atoms with Crippen LogP contribution < -0.4 is 9.47 Å². The number of rotatable bonds is 3. The van der Waals surface area contributed by atoms with Gasteiger partial charge in [0.15, 0.2) is 11.6 Å². The Morgan fingerprint density at radius 2 is 1.72 bits per heavy atom. The number of hydrogen-bond donors (Lipinski definition) is 2. The lowest BCUT2D eigenvalue weighted by molar-refractivity contribution is -0.227. The average Bonchev–Trinajstić information content (AvgIpc) is 2.92. The number of carbonyl (C=O) groups is 2. The number of fused-ring (bicyclic) bond motifs is 5. The summed E-state index contributed by atoms with van der Waals surface area (Å²) in [7, 11) is 0. The fourth-order valence-electron chi connectivity index (χ4n) is 5.88. The average molecular weight is 527 g/mol. The number of hydrogen-bond acceptors (Lipinski definition) is 7. The summed E-state index contributed by atoms with van der Waals surface area (Å²) in [5, 5.41) is 23.1. The van der Waals surface area contributed by atoms with Crippen LogP contribution in [0.15, 0.2) is 72.8 Å². The van der Waals surface area contributed by atoms with E-state index in [-0.39, 0.29) is 54.0 Å². The van der Waals surface area contributed by atoms with Crippen molar-refractivity contribution in [2.24, 2.45) is 0 Å². The minimum Gasteiger partial charge on any atom is -0.507 e. The van der Waals surface area contributed by atoms with E-state index in [0.717, 1.165) is 11.1 Å². The SMILES string of the molecule is O=C1CCC[C@H]2C[C@@H](C[C@@](O)(C=Cc3ccccc3)O2)c2c(cc3c(c2O)C(=O)C[C@@H](c2ccccc2)O3)O1. The van der Waals surface area contributed by atoms with Crippen LogP contribution in [0.3, 0.4) is 0 Å². The van der Waals surface area contributed by atoms with Crippen molar-refractivity contribution in [1.82, 2.24) is 0 Å². The molecule has 0 saturated carbocycles. The van der Waals surface area contributed by atoms with E-state index in [9.17, 15) is 19.8 Å². The first-order valence-electron chi connectivity index (χ1n) is 13.4. The largest absolute Gasteiger partial charge is 0.507 e. The molecule has 2 N–H and O–H groups in total. The zero-order chi connectivity index (χ0) is 27.0. The van der Waals surface area contributed by atoms with E-state index in [1.165, 1.54) is 0 Å². The lowest BCUT2D eigenvalue weighted by atomic mass is 9.80. The van der Waals surface area contributed by atoms with Crippen LogP contribution in [0.25, 0.3) is 6.08 Å². The molecule has 3 aliphatic rings. The minimum absolute atomic E-state index is 0.0727. The zero-order valence-electron chi connectivity index (χ0n) is 21.4. The molecule has 4 atom stereocenters. The van der Waals surface area contributed by atoms with Crippen LogP contribution in [-0.4, -0.2) is 33.9 Å². The van der Waals surface area contributed by atoms with Gasteiger partial charge in [-0.1, -0.05) is 66.7 Å². The number of benzene rings is 3. The molecular weight excluding hydrogens is 496 g/mol. The van der Waals surface area contributed by atoms with Crippen LogP contribution in [0, 0.1) is 0 Å². The van der Waals surface area contributed by atoms with Gasteiger partial charge in [-0.3, -0.25) is 9.59 Å². The van der Waals surface area contributed by atoms with Gasteiger partial charge in [0.05, 0.1) is 12.5 Å². The van der Waals surface area contributed by atoms with E-state index >= 15 is 0 Å². The monoisotopic (exact) mass is 526 g/mol. The number of ether oxygens (including phenoxy) is 3. The number of aliphatic hydroxyl groups is 1. The first kappa shape index (κ1) is 25.3. The summed E-state index contributed by atoms with van der Waals surface area (Å²) in [5.74, 6) is -2.64. The topological polar surface area (TPSA) is 102 Å². The molecule has 7 heteroatoms. The summed E-state index contributed by atoms with van der Waals surface area (Å²) >= 11 is 0. The van der Waals surface area contributed by atoms with E-state index in [1.807, 2.05) is 60.7 Å². The van der Waals surface area contributed by atoms with Crippen molar-refractivity contribution in [3.8, 4) is 17.2 Å². The Morgan fingerprint density at radius 3 is 2.49 bits per heavy atom. The normalized spacial score (nSPS) is 26.7. The van der Waals surface area contributed by atoms with Crippen LogP contribution in [0.2, 0.25) is 0 Å². The lowest BCUT2D eigenvalue weighted by Gasteiger charge is -2.41. The van der Waals surface area contributed by atoms with Crippen LogP contribution in [0.1, 0.15) is 77.6 Å². The number of aromatic hydroxyl groups is 1. The number of phenols is 1. The highest BCUT2D eigenvalue weighted by Gasteiger charge is 2.43. The van der Waals surface area contributed by atoms with E-state index in [0.29, 0.717) is 24.8 Å². The zero-order valence-corrected chi connectivity index (χ0v) is 21.4. The van der Waals surface area contributed by atoms with Crippen molar-refractivity contribution in [2.45, 2.75) is 62.4 Å². The minimum atomic E-state index is -1.61. The van der Waals surface area contributed by atoms with E-state index in [1.54, 1.807) is 18.2 Å². The molecule has 0 spiro atoms. The van der Waals surface area contributed by atoms with Crippen molar-refractivity contribution < 1.29 is 34.0 Å². The number of phenolic OH excluding ortho intramolecular Hbond substituents is 1. The Hall–Kier alpha value is -3.94. The highest BCUT2D eigenvalue weighted by atomic mass is 16.6. The Balaban J connectivity index is 1.40. The van der Waals surface area contributed by atoms with Crippen molar-refractivity contribution in [1.29, 1.82) is 0 Å². The third kappa shape index (κ3) is 5.20. The van der Waals surface area contributed by atoms with E-state index in [4.69, 9.17) is 14.2 Å². The van der Waals surface area contributed by atoms with Crippen LogP contribution in [0.5, 0.6) is 17.2 Å². The Bertz CT molecular complexity index is 1420. The summed E-state index contributed by atoms with van der Waals surface area (Å²) in [6, 6.07) is 20.6. The Kier molecular flexibility index (Phi) is 6.71. The molecule has 1 fully saturated rings. The first-order chi connectivity index (χ1) is 18.9. The summed E-state index contributed by atoms with van der Waals surface area (Å²) in [6.07, 6.45) is 4.51. The second-order valence-electron chi connectivity index (χ2n) is 10.5. The number of esters is 1. The number of Topliss-reactive ketones (excluding diaryl/α,β-unsaturated/α-hetero) is 1. The van der Waals surface area contributed by atoms with E-state index < -0.39 is 23.8 Å². The van der Waals surface area contributed by atoms with Gasteiger partial charge in [-0.05, 0) is 42.4 Å². The molecule has 0 unspecified atom stereocenters. The maximum absolute atomic E-state index is 13.3. The highest BCUT2D eigenvalue weighted by molar-refractivity contribution is 6.03. The molecule has 0 aromatic heterocycles. The lowest BCUT2D eigenvalue weighted by Crippen LogP contribution is -2.42. The fourth-order valence-corrected chi connectivity index (χ4v) is 5.88. The van der Waals surface area contributed by atoms with Gasteiger partial charge in [-0.2, -0.15) is 0 Å². The molecule has 200 valence electrons. The highest BCUT2D eigenvalue weighted by Crippen LogP contribution is 2.52. The second kappa shape index (κ2) is 10.3. The molecule has 7 nitrogen and oxygen atoms in total. The van der Waals surface area contributed by atoms with Gasteiger partial charge in [0, 0.05) is 24.5 Å². The van der Waals surface area contributed by atoms with E-state index in [2.05, 4.69) is 0 Å². The van der Waals surface area contributed by atoms with Crippen LogP contribution in [-0.2, 0) is 9.53 Å². The van der Waals surface area contributed by atoms with Gasteiger partial charge >= 0.3 is 5.97 Å². The number of carbonyl (C=O) groups excluding carboxylic acids is 2. The predicted molar refractivity (Wildman–Crippen MR) is 144 cm³/mol. The smallest absolute Gasteiger partial charge is 0.311 e. The molecule has 39 heavy (non-hydrogen) atoms. The summed E-state index contributed by atoms with van der Waals surface area (Å²) in [4.78, 5) is 26.0. The van der Waals surface area contributed by atoms with Crippen LogP contribution in [0.4, 0.5) is 0 Å². The van der Waals surface area contributed by atoms with Gasteiger partial charge in [0.25, 0.3) is 0 Å². The van der Waals surface area contributed by atoms with Gasteiger partial charge in [0.2, 0.25) is 0 Å². The molecule has 3 heterocycles. The molecule has 3 aliphatic heterocycles. The molecule has 3 aromatic carbocycles. The standard InChI is InChI=1S/C32H30O7/c33-24-17-25(21-10-5-2-6-11-21)37-27-18-26-29(31(35)30(24)27)22-16-23(12-7-13-28(34)38-26)39-32(36,19-22)15-14-20-8-3-1-4-9-20/h1-6,8-11,14-15,18,22-23,25,35-36H,7,12-13,16-17,19H2/t22-,23-,25-,32+/m0/s1. The molecule has 2 bridgehead atoms. The molecule has 1 saturated heterocycles. The molecule has 0 amide bonds. The van der Waals surface area contributed by atoms with Gasteiger partial charge in [0.1, 0.15) is 28.9 Å². The maximum Gasteiger partial charge on any atom is 0.311 e. The van der Waals surface area contributed by atoms with Crippen molar-refractivity contribution in [3.63, 3.8) is 0 Å². The van der Waals surface area contributed by atoms with Crippen LogP contribution >= 0.6 is 0 Å². The Labute approximate surface area is 226 Å². The van der Waals surface area contributed by atoms with Gasteiger partial charge < -0.3 is 24.4 Å². The van der Waals surface area contributed by atoms with Gasteiger partial charge in [-0.25, -0.2) is 0 Å². The molecular formula is C32H30O7. The third-order valence-electron chi connectivity index (χ3n) is 7.69. The molecule has 6 rings (SSSR count). The predicted octanol–water partition coefficient (Wildman–Crippen LogP) is 5.85. The first-order valence-corrected chi connectivity index (χ1v) is 13.4.